The second kappa shape index (κ2) is 8.27. The summed E-state index contributed by atoms with van der Waals surface area (Å²) in [6.45, 7) is 3.90. The van der Waals surface area contributed by atoms with Gasteiger partial charge < -0.3 is 15.5 Å². The molecule has 0 spiro atoms. The van der Waals surface area contributed by atoms with E-state index in [0.717, 1.165) is 13.0 Å². The van der Waals surface area contributed by atoms with Crippen LogP contribution in [0.5, 0.6) is 0 Å². The third kappa shape index (κ3) is 5.36. The molecule has 0 aliphatic rings. The van der Waals surface area contributed by atoms with E-state index in [4.69, 9.17) is 0 Å². The molecule has 0 saturated carbocycles. The summed E-state index contributed by atoms with van der Waals surface area (Å²) in [6, 6.07) is 1.56. The maximum Gasteiger partial charge on any atom is 0.252 e. The fourth-order valence-electron chi connectivity index (χ4n) is 1.52. The van der Waals surface area contributed by atoms with Gasteiger partial charge in [-0.05, 0) is 26.6 Å². The highest BCUT2D eigenvalue weighted by Crippen LogP contribution is 2.03. The van der Waals surface area contributed by atoms with Crippen LogP contribution in [0.25, 0.3) is 0 Å². The van der Waals surface area contributed by atoms with Crippen molar-refractivity contribution in [1.82, 2.24) is 20.5 Å². The second-order valence-electron chi connectivity index (χ2n) is 4.78. The van der Waals surface area contributed by atoms with Crippen LogP contribution in [0.15, 0.2) is 18.5 Å². The van der Waals surface area contributed by atoms with Gasteiger partial charge in [-0.2, -0.15) is 0 Å². The Morgan fingerprint density at radius 3 is 2.15 bits per heavy atom. The lowest BCUT2D eigenvalue weighted by Crippen LogP contribution is -2.31. The summed E-state index contributed by atoms with van der Waals surface area (Å²) in [7, 11) is 3.87. The summed E-state index contributed by atoms with van der Waals surface area (Å²) in [4.78, 5) is 29.6. The number of hydrogen-bond acceptors (Lipinski definition) is 4. The van der Waals surface area contributed by atoms with Gasteiger partial charge in [0.2, 0.25) is 0 Å². The topological polar surface area (TPSA) is 74.3 Å². The van der Waals surface area contributed by atoms with E-state index in [1.807, 2.05) is 25.9 Å². The van der Waals surface area contributed by atoms with Gasteiger partial charge in [-0.25, -0.2) is 0 Å². The quantitative estimate of drug-likeness (QED) is 0.762. The predicted octanol–water partition coefficient (Wildman–Crippen LogP) is 0.513. The number of hydrogen-bond donors (Lipinski definition) is 2. The number of aromatic nitrogens is 1. The van der Waals surface area contributed by atoms with Crippen molar-refractivity contribution in [2.24, 2.45) is 0 Å². The van der Waals surface area contributed by atoms with Gasteiger partial charge in [0.05, 0.1) is 11.1 Å². The van der Waals surface area contributed by atoms with E-state index in [1.165, 1.54) is 12.4 Å². The summed E-state index contributed by atoms with van der Waals surface area (Å²) in [6.07, 6.45) is 3.78. The molecule has 110 valence electrons. The average molecular weight is 278 g/mol. The summed E-state index contributed by atoms with van der Waals surface area (Å²) in [5, 5.41) is 5.54. The average Bonchev–Trinajstić information content (AvgIpc) is 2.44. The van der Waals surface area contributed by atoms with Gasteiger partial charge >= 0.3 is 0 Å². The highest BCUT2D eigenvalue weighted by atomic mass is 16.2. The van der Waals surface area contributed by atoms with Crippen LogP contribution in [0.3, 0.4) is 0 Å². The Bertz CT molecular complexity index is 460. The molecular weight excluding hydrogens is 256 g/mol. The van der Waals surface area contributed by atoms with E-state index in [0.29, 0.717) is 24.2 Å². The zero-order chi connectivity index (χ0) is 15.0. The van der Waals surface area contributed by atoms with Crippen molar-refractivity contribution in [2.45, 2.75) is 13.3 Å². The summed E-state index contributed by atoms with van der Waals surface area (Å²) in [5.74, 6) is -0.424. The number of carbonyl (C=O) groups excluding carboxylic acids is 2. The van der Waals surface area contributed by atoms with E-state index in [2.05, 4.69) is 15.6 Å². The molecule has 0 atom stereocenters. The minimum atomic E-state index is -0.218. The molecule has 0 aromatic carbocycles. The highest BCUT2D eigenvalue weighted by molar-refractivity contribution is 5.99. The van der Waals surface area contributed by atoms with Crippen molar-refractivity contribution in [1.29, 1.82) is 0 Å². The lowest BCUT2D eigenvalue weighted by Gasteiger charge is -2.10. The molecule has 1 heterocycles. The van der Waals surface area contributed by atoms with Gasteiger partial charge in [0.1, 0.15) is 0 Å². The Kier molecular flexibility index (Phi) is 6.66. The standard InChI is InChI=1S/C14H22N4O2/c1-4-5-16-13(19)11-8-12(10-15-9-11)14(20)17-6-7-18(2)3/h8-10H,4-7H2,1-3H3,(H,16,19)(H,17,20). The van der Waals surface area contributed by atoms with Crippen molar-refractivity contribution in [3.63, 3.8) is 0 Å². The first-order chi connectivity index (χ1) is 9.54. The van der Waals surface area contributed by atoms with Crippen molar-refractivity contribution >= 4 is 11.8 Å². The largest absolute Gasteiger partial charge is 0.352 e. The molecule has 2 amide bonds. The smallest absolute Gasteiger partial charge is 0.252 e. The number of rotatable bonds is 7. The fraction of sp³-hybridized carbons (Fsp3) is 0.500. The molecule has 0 aliphatic carbocycles. The molecular formula is C14H22N4O2. The summed E-state index contributed by atoms with van der Waals surface area (Å²) < 4.78 is 0. The van der Waals surface area contributed by atoms with E-state index < -0.39 is 0 Å². The number of nitrogens with one attached hydrogen (secondary N) is 2. The van der Waals surface area contributed by atoms with Crippen LogP contribution in [-0.4, -0.2) is 55.4 Å². The number of pyridine rings is 1. The Balaban J connectivity index is 2.62. The van der Waals surface area contributed by atoms with Crippen LogP contribution in [0.1, 0.15) is 34.1 Å². The molecule has 0 fully saturated rings. The number of nitrogens with zero attached hydrogens (tertiary/aromatic N) is 2. The zero-order valence-corrected chi connectivity index (χ0v) is 12.3. The van der Waals surface area contributed by atoms with Crippen molar-refractivity contribution in [2.75, 3.05) is 33.7 Å². The van der Waals surface area contributed by atoms with E-state index in [9.17, 15) is 9.59 Å². The maximum atomic E-state index is 11.9. The molecule has 6 nitrogen and oxygen atoms in total. The molecule has 0 radical (unpaired) electrons. The number of carbonyl (C=O) groups is 2. The van der Waals surface area contributed by atoms with Crippen molar-refractivity contribution < 1.29 is 9.59 Å². The van der Waals surface area contributed by atoms with Crippen molar-refractivity contribution in [3.8, 4) is 0 Å². The molecule has 0 aliphatic heterocycles. The minimum Gasteiger partial charge on any atom is -0.352 e. The van der Waals surface area contributed by atoms with Crippen LogP contribution in [0.2, 0.25) is 0 Å². The molecule has 1 aromatic rings. The maximum absolute atomic E-state index is 11.9. The van der Waals surface area contributed by atoms with Crippen LogP contribution >= 0.6 is 0 Å². The molecule has 0 saturated heterocycles. The van der Waals surface area contributed by atoms with E-state index in [1.54, 1.807) is 6.07 Å². The second-order valence-corrected chi connectivity index (χ2v) is 4.78. The van der Waals surface area contributed by atoms with Gasteiger partial charge in [-0.1, -0.05) is 6.92 Å². The highest BCUT2D eigenvalue weighted by Gasteiger charge is 2.10. The summed E-state index contributed by atoms with van der Waals surface area (Å²) in [5.41, 5.74) is 0.798. The monoisotopic (exact) mass is 278 g/mol. The lowest BCUT2D eigenvalue weighted by atomic mass is 10.2. The van der Waals surface area contributed by atoms with E-state index in [-0.39, 0.29) is 11.8 Å². The van der Waals surface area contributed by atoms with Gasteiger partial charge in [-0.15, -0.1) is 0 Å². The molecule has 2 N–H and O–H groups in total. The van der Waals surface area contributed by atoms with E-state index >= 15 is 0 Å². The van der Waals surface area contributed by atoms with Crippen LogP contribution in [-0.2, 0) is 0 Å². The minimum absolute atomic E-state index is 0.206. The fourth-order valence-corrected chi connectivity index (χ4v) is 1.52. The van der Waals surface area contributed by atoms with Gasteiger partial charge in [0.25, 0.3) is 11.8 Å². The SMILES string of the molecule is CCCNC(=O)c1cncc(C(=O)NCCN(C)C)c1. The first kappa shape index (κ1) is 16.1. The molecule has 0 unspecified atom stereocenters. The van der Waals surface area contributed by atoms with Crippen LogP contribution in [0.4, 0.5) is 0 Å². The molecule has 1 rings (SSSR count). The van der Waals surface area contributed by atoms with Gasteiger partial charge in [-0.3, -0.25) is 14.6 Å². The third-order valence-electron chi connectivity index (χ3n) is 2.64. The first-order valence-electron chi connectivity index (χ1n) is 6.70. The van der Waals surface area contributed by atoms with Gasteiger partial charge in [0.15, 0.2) is 0 Å². The summed E-state index contributed by atoms with van der Waals surface area (Å²) >= 11 is 0. The Hall–Kier alpha value is -1.95. The molecule has 20 heavy (non-hydrogen) atoms. The predicted molar refractivity (Wildman–Crippen MR) is 77.7 cm³/mol. The van der Waals surface area contributed by atoms with Crippen LogP contribution in [0, 0.1) is 0 Å². The van der Waals surface area contributed by atoms with Crippen LogP contribution < -0.4 is 10.6 Å². The molecule has 1 aromatic heterocycles. The lowest BCUT2D eigenvalue weighted by molar-refractivity contribution is 0.0950. The molecule has 6 heteroatoms. The normalized spacial score (nSPS) is 10.4. The van der Waals surface area contributed by atoms with Gasteiger partial charge in [0, 0.05) is 32.0 Å². The number of amides is 2. The first-order valence-corrected chi connectivity index (χ1v) is 6.70. The zero-order valence-electron chi connectivity index (χ0n) is 12.3. The molecule has 0 bridgehead atoms. The third-order valence-corrected chi connectivity index (χ3v) is 2.64. The Labute approximate surface area is 119 Å². The Morgan fingerprint density at radius 1 is 1.10 bits per heavy atom. The van der Waals surface area contributed by atoms with Crippen molar-refractivity contribution in [3.05, 3.63) is 29.6 Å². The Morgan fingerprint density at radius 2 is 1.65 bits per heavy atom. The number of likely N-dealkylation sites (N-methyl/N-ethyl adjacent to an activating group) is 1.